The lowest BCUT2D eigenvalue weighted by atomic mass is 10.2. The molecule has 0 N–H and O–H groups in total. The molecule has 0 bridgehead atoms. The Kier molecular flexibility index (Phi) is 5.45. The van der Waals surface area contributed by atoms with E-state index < -0.39 is 5.97 Å². The van der Waals surface area contributed by atoms with Gasteiger partial charge in [0.2, 0.25) is 0 Å². The molecule has 0 saturated carbocycles. The summed E-state index contributed by atoms with van der Waals surface area (Å²) < 4.78 is 11.9. The highest BCUT2D eigenvalue weighted by Gasteiger charge is 2.24. The Labute approximate surface area is 146 Å². The summed E-state index contributed by atoms with van der Waals surface area (Å²) in [7, 11) is 0. The Morgan fingerprint density at radius 2 is 2.04 bits per heavy atom. The van der Waals surface area contributed by atoms with Crippen LogP contribution < -0.4 is 5.56 Å². The Morgan fingerprint density at radius 3 is 2.76 bits per heavy atom. The van der Waals surface area contributed by atoms with Crippen LogP contribution >= 0.6 is 0 Å². The average Bonchev–Trinajstić information content (AvgIpc) is 2.64. The minimum absolute atomic E-state index is 0.101. The maximum absolute atomic E-state index is 12.9. The second-order valence-corrected chi connectivity index (χ2v) is 6.01. The van der Waals surface area contributed by atoms with E-state index in [1.54, 1.807) is 19.1 Å². The summed E-state index contributed by atoms with van der Waals surface area (Å²) in [6.07, 6.45) is 0. The summed E-state index contributed by atoms with van der Waals surface area (Å²) in [6.45, 7) is 6.74. The molecule has 2 aromatic rings. The van der Waals surface area contributed by atoms with Crippen LogP contribution in [0.4, 0.5) is 0 Å². The third-order valence-corrected chi connectivity index (χ3v) is 4.45. The molecule has 7 nitrogen and oxygen atoms in total. The molecule has 1 aliphatic heterocycles. The van der Waals surface area contributed by atoms with Gasteiger partial charge in [0.1, 0.15) is 12.4 Å². The predicted octanol–water partition coefficient (Wildman–Crippen LogP) is 1.35. The minimum atomic E-state index is -0.433. The number of benzene rings is 1. The fourth-order valence-corrected chi connectivity index (χ4v) is 3.12. The standard InChI is InChI=1S/C18H23N3O4/c1-3-25-16(22)12-21-17(13(2)20-8-10-24-11-9-20)19-15-7-5-4-6-14(15)18(21)23/h4-7,13H,3,8-12H2,1-2H3/t13-/m0/s1. The van der Waals surface area contributed by atoms with Gasteiger partial charge in [0.05, 0.1) is 36.8 Å². The van der Waals surface area contributed by atoms with Gasteiger partial charge in [-0.3, -0.25) is 19.1 Å². The number of carbonyl (C=O) groups is 1. The Hall–Kier alpha value is -2.25. The first-order valence-corrected chi connectivity index (χ1v) is 8.58. The van der Waals surface area contributed by atoms with E-state index >= 15 is 0 Å². The molecule has 0 unspecified atom stereocenters. The summed E-state index contributed by atoms with van der Waals surface area (Å²) in [5.41, 5.74) is 0.427. The highest BCUT2D eigenvalue weighted by molar-refractivity contribution is 5.78. The number of hydrogen-bond donors (Lipinski definition) is 0. The zero-order chi connectivity index (χ0) is 17.8. The number of esters is 1. The molecule has 134 valence electrons. The lowest BCUT2D eigenvalue weighted by Crippen LogP contribution is -2.41. The second-order valence-electron chi connectivity index (χ2n) is 6.01. The molecule has 7 heteroatoms. The van der Waals surface area contributed by atoms with Crippen LogP contribution in [0.3, 0.4) is 0 Å². The third-order valence-electron chi connectivity index (χ3n) is 4.45. The van der Waals surface area contributed by atoms with E-state index in [0.29, 0.717) is 29.9 Å². The van der Waals surface area contributed by atoms with Crippen LogP contribution in [0.1, 0.15) is 25.7 Å². The molecule has 1 aromatic heterocycles. The summed E-state index contributed by atoms with van der Waals surface area (Å²) in [5, 5.41) is 0.504. The molecule has 3 rings (SSSR count). The Bertz CT molecular complexity index is 812. The zero-order valence-electron chi connectivity index (χ0n) is 14.6. The average molecular weight is 345 g/mol. The molecule has 0 radical (unpaired) electrons. The molecule has 1 atom stereocenters. The van der Waals surface area contributed by atoms with Crippen LogP contribution in [-0.4, -0.2) is 53.3 Å². The van der Waals surface area contributed by atoms with Gasteiger partial charge in [0, 0.05) is 13.1 Å². The van der Waals surface area contributed by atoms with Gasteiger partial charge >= 0.3 is 5.97 Å². The molecule has 0 amide bonds. The number of morpholine rings is 1. The lowest BCUT2D eigenvalue weighted by Gasteiger charge is -2.32. The predicted molar refractivity (Wildman–Crippen MR) is 93.4 cm³/mol. The van der Waals surface area contributed by atoms with Crippen molar-refractivity contribution < 1.29 is 14.3 Å². The Balaban J connectivity index is 2.07. The molecule has 2 heterocycles. The van der Waals surface area contributed by atoms with Gasteiger partial charge in [-0.15, -0.1) is 0 Å². The van der Waals surface area contributed by atoms with Gasteiger partial charge in [-0.25, -0.2) is 4.98 Å². The van der Waals surface area contributed by atoms with Crippen molar-refractivity contribution in [1.29, 1.82) is 0 Å². The fourth-order valence-electron chi connectivity index (χ4n) is 3.12. The van der Waals surface area contributed by atoms with Gasteiger partial charge in [-0.1, -0.05) is 12.1 Å². The maximum atomic E-state index is 12.9. The van der Waals surface area contributed by atoms with Crippen molar-refractivity contribution in [1.82, 2.24) is 14.5 Å². The van der Waals surface area contributed by atoms with Crippen molar-refractivity contribution in [2.75, 3.05) is 32.9 Å². The molecular formula is C18H23N3O4. The number of fused-ring (bicyclic) bond motifs is 1. The molecule has 1 saturated heterocycles. The van der Waals surface area contributed by atoms with E-state index in [1.165, 1.54) is 4.57 Å². The first-order valence-electron chi connectivity index (χ1n) is 8.58. The normalized spacial score (nSPS) is 16.7. The highest BCUT2D eigenvalue weighted by Crippen LogP contribution is 2.20. The highest BCUT2D eigenvalue weighted by atomic mass is 16.5. The van der Waals surface area contributed by atoms with Gasteiger partial charge in [0.25, 0.3) is 5.56 Å². The molecule has 0 aliphatic carbocycles. The summed E-state index contributed by atoms with van der Waals surface area (Å²) >= 11 is 0. The first-order chi connectivity index (χ1) is 12.1. The van der Waals surface area contributed by atoms with Gasteiger partial charge < -0.3 is 9.47 Å². The van der Waals surface area contributed by atoms with E-state index in [9.17, 15) is 9.59 Å². The summed E-state index contributed by atoms with van der Waals surface area (Å²) in [5.74, 6) is 0.149. The van der Waals surface area contributed by atoms with E-state index in [0.717, 1.165) is 13.1 Å². The van der Waals surface area contributed by atoms with Crippen molar-refractivity contribution >= 4 is 16.9 Å². The van der Waals surface area contributed by atoms with Crippen LogP contribution in [0.5, 0.6) is 0 Å². The molecule has 1 aromatic carbocycles. The van der Waals surface area contributed by atoms with Crippen molar-refractivity contribution in [2.24, 2.45) is 0 Å². The molecule has 1 fully saturated rings. The van der Waals surface area contributed by atoms with Crippen molar-refractivity contribution in [3.63, 3.8) is 0 Å². The van der Waals surface area contributed by atoms with Crippen LogP contribution in [0.25, 0.3) is 10.9 Å². The first kappa shape index (κ1) is 17.6. The largest absolute Gasteiger partial charge is 0.465 e. The van der Waals surface area contributed by atoms with Gasteiger partial charge in [0.15, 0.2) is 0 Å². The quantitative estimate of drug-likeness (QED) is 0.762. The fraction of sp³-hybridized carbons (Fsp3) is 0.500. The van der Waals surface area contributed by atoms with Crippen molar-refractivity contribution in [3.8, 4) is 0 Å². The second kappa shape index (κ2) is 7.76. The molecule has 1 aliphatic rings. The smallest absolute Gasteiger partial charge is 0.326 e. The number of rotatable bonds is 5. The number of hydrogen-bond acceptors (Lipinski definition) is 6. The number of ether oxygens (including phenoxy) is 2. The van der Waals surface area contributed by atoms with E-state index in [4.69, 9.17) is 14.5 Å². The SMILES string of the molecule is CCOC(=O)Cn1c([C@H](C)N2CCOCC2)nc2ccccc2c1=O. The number of aromatic nitrogens is 2. The van der Waals surface area contributed by atoms with Crippen molar-refractivity contribution in [2.45, 2.75) is 26.4 Å². The van der Waals surface area contributed by atoms with Crippen molar-refractivity contribution in [3.05, 3.63) is 40.4 Å². The topological polar surface area (TPSA) is 73.7 Å². The number of carbonyl (C=O) groups excluding carboxylic acids is 1. The van der Waals surface area contributed by atoms with E-state index in [1.807, 2.05) is 19.1 Å². The molecule has 25 heavy (non-hydrogen) atoms. The molecule has 0 spiro atoms. The third kappa shape index (κ3) is 3.72. The molecular weight excluding hydrogens is 322 g/mol. The Morgan fingerprint density at radius 1 is 1.32 bits per heavy atom. The number of para-hydroxylation sites is 1. The maximum Gasteiger partial charge on any atom is 0.326 e. The van der Waals surface area contributed by atoms with Gasteiger partial charge in [-0.2, -0.15) is 0 Å². The van der Waals surface area contributed by atoms with E-state index in [2.05, 4.69) is 4.90 Å². The summed E-state index contributed by atoms with van der Waals surface area (Å²) in [4.78, 5) is 31.9. The van der Waals surface area contributed by atoms with Gasteiger partial charge in [-0.05, 0) is 26.0 Å². The number of nitrogens with zero attached hydrogens (tertiary/aromatic N) is 3. The van der Waals surface area contributed by atoms with Crippen LogP contribution in [0.15, 0.2) is 29.1 Å². The monoisotopic (exact) mass is 345 g/mol. The van der Waals surface area contributed by atoms with Crippen LogP contribution in [-0.2, 0) is 20.8 Å². The lowest BCUT2D eigenvalue weighted by molar-refractivity contribution is -0.144. The van der Waals surface area contributed by atoms with Crippen LogP contribution in [0.2, 0.25) is 0 Å². The summed E-state index contributed by atoms with van der Waals surface area (Å²) in [6, 6.07) is 7.10. The zero-order valence-corrected chi connectivity index (χ0v) is 14.6. The minimum Gasteiger partial charge on any atom is -0.465 e. The van der Waals surface area contributed by atoms with Crippen LogP contribution in [0, 0.1) is 0 Å². The van der Waals surface area contributed by atoms with E-state index in [-0.39, 0.29) is 24.8 Å².